The summed E-state index contributed by atoms with van der Waals surface area (Å²) in [7, 11) is 0. The summed E-state index contributed by atoms with van der Waals surface area (Å²) < 4.78 is 5.90. The van der Waals surface area contributed by atoms with Gasteiger partial charge in [-0.3, -0.25) is 9.69 Å². The summed E-state index contributed by atoms with van der Waals surface area (Å²) in [5, 5.41) is 9.89. The molecule has 34 heavy (non-hydrogen) atoms. The molecule has 1 aliphatic rings. The number of benzene rings is 2. The molecule has 0 aromatic heterocycles. The largest absolute Gasteiger partial charge is 0.494 e. The Labute approximate surface area is 209 Å². The zero-order valence-electron chi connectivity index (χ0n) is 20.3. The molecular weight excluding hydrogens is 444 g/mol. The van der Waals surface area contributed by atoms with E-state index in [0.717, 1.165) is 36.4 Å². The number of ether oxygens (including phenoxy) is 1. The second kappa shape index (κ2) is 14.6. The first-order valence-corrected chi connectivity index (χ1v) is 12.8. The lowest BCUT2D eigenvalue weighted by molar-refractivity contribution is -0.121. The number of aryl methyl sites for hydroxylation is 1. The molecular formula is C27H38N4O2S. The molecule has 0 bridgehead atoms. The Morgan fingerprint density at radius 3 is 2.62 bits per heavy atom. The normalized spacial score (nSPS) is 13.8. The number of hydrogen-bond donors (Lipinski definition) is 3. The lowest BCUT2D eigenvalue weighted by atomic mass is 10.1. The van der Waals surface area contributed by atoms with Crippen molar-refractivity contribution in [1.82, 2.24) is 15.5 Å². The first-order chi connectivity index (χ1) is 16.6. The van der Waals surface area contributed by atoms with Crippen LogP contribution in [-0.2, 0) is 11.3 Å². The third-order valence-electron chi connectivity index (χ3n) is 5.92. The van der Waals surface area contributed by atoms with Crippen LogP contribution in [0.5, 0.6) is 5.75 Å². The summed E-state index contributed by atoms with van der Waals surface area (Å²) in [5.41, 5.74) is 3.43. The van der Waals surface area contributed by atoms with Crippen molar-refractivity contribution in [2.75, 3.05) is 38.1 Å². The predicted molar refractivity (Wildman–Crippen MR) is 143 cm³/mol. The number of amides is 1. The van der Waals surface area contributed by atoms with Gasteiger partial charge in [0, 0.05) is 31.7 Å². The molecule has 0 radical (unpaired) electrons. The molecule has 0 unspecified atom stereocenters. The Morgan fingerprint density at radius 2 is 1.79 bits per heavy atom. The van der Waals surface area contributed by atoms with Crippen molar-refractivity contribution in [2.45, 2.75) is 52.0 Å². The molecule has 2 aromatic carbocycles. The topological polar surface area (TPSA) is 65.6 Å². The first kappa shape index (κ1) is 26.0. The summed E-state index contributed by atoms with van der Waals surface area (Å²) in [6, 6.07) is 16.4. The van der Waals surface area contributed by atoms with Crippen molar-refractivity contribution in [3.05, 3.63) is 59.7 Å². The smallest absolute Gasteiger partial charge is 0.220 e. The van der Waals surface area contributed by atoms with E-state index in [-0.39, 0.29) is 5.91 Å². The quantitative estimate of drug-likeness (QED) is 0.303. The molecule has 6 nitrogen and oxygen atoms in total. The number of hydrogen-bond acceptors (Lipinski definition) is 4. The van der Waals surface area contributed by atoms with Crippen molar-refractivity contribution in [1.29, 1.82) is 0 Å². The highest BCUT2D eigenvalue weighted by Crippen LogP contribution is 2.18. The number of likely N-dealkylation sites (tertiary alicyclic amines) is 1. The van der Waals surface area contributed by atoms with Crippen LogP contribution in [0.1, 0.15) is 49.7 Å². The lowest BCUT2D eigenvalue weighted by Gasteiger charge is -2.26. The van der Waals surface area contributed by atoms with Gasteiger partial charge in [0.05, 0.1) is 6.61 Å². The van der Waals surface area contributed by atoms with Crippen LogP contribution < -0.4 is 20.7 Å². The van der Waals surface area contributed by atoms with Crippen molar-refractivity contribution >= 4 is 28.9 Å². The van der Waals surface area contributed by atoms with Crippen LogP contribution in [0.3, 0.4) is 0 Å². The van der Waals surface area contributed by atoms with Crippen LogP contribution in [0.4, 0.5) is 5.69 Å². The maximum Gasteiger partial charge on any atom is 0.220 e. The van der Waals surface area contributed by atoms with Gasteiger partial charge in [0.1, 0.15) is 5.75 Å². The van der Waals surface area contributed by atoms with Crippen molar-refractivity contribution in [2.24, 2.45) is 0 Å². The average Bonchev–Trinajstić information content (AvgIpc) is 2.84. The fourth-order valence-corrected chi connectivity index (χ4v) is 4.23. The SMILES string of the molecule is Cc1ccccc1NC(=S)NCCCC(=O)NCCCOc1cccc(CN2CCCCC2)c1. The number of para-hydroxylation sites is 1. The molecule has 3 rings (SSSR count). The van der Waals surface area contributed by atoms with E-state index in [4.69, 9.17) is 17.0 Å². The Kier molecular flexibility index (Phi) is 11.1. The van der Waals surface area contributed by atoms with Gasteiger partial charge < -0.3 is 20.7 Å². The van der Waals surface area contributed by atoms with Gasteiger partial charge in [-0.15, -0.1) is 0 Å². The molecule has 0 saturated carbocycles. The average molecular weight is 483 g/mol. The highest BCUT2D eigenvalue weighted by Gasteiger charge is 2.10. The van der Waals surface area contributed by atoms with E-state index in [1.54, 1.807) is 0 Å². The number of carbonyl (C=O) groups excluding carboxylic acids is 1. The van der Waals surface area contributed by atoms with Gasteiger partial charge in [0.25, 0.3) is 0 Å². The Bertz CT molecular complexity index is 915. The Morgan fingerprint density at radius 1 is 1.00 bits per heavy atom. The molecule has 1 amide bonds. The minimum Gasteiger partial charge on any atom is -0.494 e. The van der Waals surface area contributed by atoms with E-state index in [0.29, 0.717) is 31.2 Å². The number of rotatable bonds is 12. The number of carbonyl (C=O) groups is 1. The van der Waals surface area contributed by atoms with E-state index in [1.165, 1.54) is 37.9 Å². The molecule has 7 heteroatoms. The molecule has 0 aliphatic carbocycles. The second-order valence-corrected chi connectivity index (χ2v) is 9.24. The first-order valence-electron chi connectivity index (χ1n) is 12.4. The van der Waals surface area contributed by atoms with Crippen molar-refractivity contribution < 1.29 is 9.53 Å². The van der Waals surface area contributed by atoms with Gasteiger partial charge in [0.2, 0.25) is 5.91 Å². The van der Waals surface area contributed by atoms with Gasteiger partial charge >= 0.3 is 0 Å². The second-order valence-electron chi connectivity index (χ2n) is 8.84. The van der Waals surface area contributed by atoms with E-state index < -0.39 is 0 Å². The monoisotopic (exact) mass is 482 g/mol. The fourth-order valence-electron chi connectivity index (χ4n) is 4.02. The highest BCUT2D eigenvalue weighted by atomic mass is 32.1. The summed E-state index contributed by atoms with van der Waals surface area (Å²) in [6.45, 7) is 7.28. The molecule has 0 atom stereocenters. The lowest BCUT2D eigenvalue weighted by Crippen LogP contribution is -2.31. The van der Waals surface area contributed by atoms with E-state index in [2.05, 4.69) is 39.0 Å². The fraction of sp³-hybridized carbons (Fsp3) is 0.481. The molecule has 2 aromatic rings. The van der Waals surface area contributed by atoms with Crippen molar-refractivity contribution in [3.8, 4) is 5.75 Å². The molecule has 1 saturated heterocycles. The predicted octanol–water partition coefficient (Wildman–Crippen LogP) is 4.63. The van der Waals surface area contributed by atoms with Gasteiger partial charge in [-0.05, 0) is 87.2 Å². The summed E-state index contributed by atoms with van der Waals surface area (Å²) in [5.74, 6) is 0.963. The summed E-state index contributed by atoms with van der Waals surface area (Å²) >= 11 is 5.32. The van der Waals surface area contributed by atoms with Gasteiger partial charge in [-0.25, -0.2) is 0 Å². The van der Waals surface area contributed by atoms with Crippen LogP contribution in [0.25, 0.3) is 0 Å². The molecule has 1 heterocycles. The molecule has 184 valence electrons. The number of nitrogens with zero attached hydrogens (tertiary/aromatic N) is 1. The van der Waals surface area contributed by atoms with Gasteiger partial charge in [-0.2, -0.15) is 0 Å². The zero-order chi connectivity index (χ0) is 24.0. The minimum atomic E-state index is 0.0584. The Hall–Kier alpha value is -2.64. The molecule has 1 aliphatic heterocycles. The highest BCUT2D eigenvalue weighted by molar-refractivity contribution is 7.80. The number of nitrogens with one attached hydrogen (secondary N) is 3. The number of anilines is 1. The number of piperidine rings is 1. The molecule has 1 fully saturated rings. The van der Waals surface area contributed by atoms with Crippen molar-refractivity contribution in [3.63, 3.8) is 0 Å². The van der Waals surface area contributed by atoms with Crippen LogP contribution in [0, 0.1) is 6.92 Å². The number of thiocarbonyl (C=S) groups is 1. The molecule has 3 N–H and O–H groups in total. The van der Waals surface area contributed by atoms with Gasteiger partial charge in [0.15, 0.2) is 5.11 Å². The van der Waals surface area contributed by atoms with Crippen LogP contribution in [0.2, 0.25) is 0 Å². The van der Waals surface area contributed by atoms with E-state index in [1.807, 2.05) is 37.3 Å². The standard InChI is InChI=1S/C27H38N4O2S/c1-22-10-3-4-13-25(22)30-27(34)29-15-8-14-26(32)28-16-9-19-33-24-12-7-11-23(20-24)21-31-17-5-2-6-18-31/h3-4,7,10-13,20H,2,5-6,8-9,14-19,21H2,1H3,(H,28,32)(H2,29,30,34). The van der Waals surface area contributed by atoms with Crippen LogP contribution in [-0.4, -0.2) is 48.7 Å². The molecule has 0 spiro atoms. The third kappa shape index (κ3) is 9.69. The van der Waals surface area contributed by atoms with E-state index >= 15 is 0 Å². The third-order valence-corrected chi connectivity index (χ3v) is 6.17. The zero-order valence-corrected chi connectivity index (χ0v) is 21.1. The summed E-state index contributed by atoms with van der Waals surface area (Å²) in [4.78, 5) is 14.6. The minimum absolute atomic E-state index is 0.0584. The summed E-state index contributed by atoms with van der Waals surface area (Å²) in [6.07, 6.45) is 5.94. The Balaban J connectivity index is 1.21. The van der Waals surface area contributed by atoms with Crippen LogP contribution >= 0.6 is 12.2 Å². The maximum absolute atomic E-state index is 12.1. The maximum atomic E-state index is 12.1. The van der Waals surface area contributed by atoms with Crippen LogP contribution in [0.15, 0.2) is 48.5 Å². The van der Waals surface area contributed by atoms with Gasteiger partial charge in [-0.1, -0.05) is 36.8 Å². The van der Waals surface area contributed by atoms with E-state index in [9.17, 15) is 4.79 Å².